The average molecular weight is 989 g/mol. The fourth-order valence-electron chi connectivity index (χ4n) is 7.90. The molecule has 0 N–H and O–H groups in total. The summed E-state index contributed by atoms with van der Waals surface area (Å²) in [6.45, 7) is 8.62. The molecular formula is C50H78I2N4. The summed E-state index contributed by atoms with van der Waals surface area (Å²) in [5.41, 5.74) is 11.1. The molecule has 0 atom stereocenters. The standard InChI is InChI=1S/C26H42N2.C24H36N2.2HI/c1-23-17-25(21-27(3)19-23)15-13-11-9-7-5-6-8-10-12-14-16-26-18-24(2)20-28(4)22-26;1-21-15-23(19-25-17-21)13-11-9-7-5-3-4-6-8-10-12-14-24-16-22(2)18-26-20-24;;/h17-22H,5-16H2,1-4H3;15-20H,3-14H2,1-2H3;2*1H/q+2;;;/p-2. The van der Waals surface area contributed by atoms with Gasteiger partial charge in [-0.05, 0) is 113 Å². The zero-order chi connectivity index (χ0) is 38.6. The maximum absolute atomic E-state index is 4.27. The van der Waals surface area contributed by atoms with Gasteiger partial charge >= 0.3 is 0 Å². The molecule has 4 heterocycles. The van der Waals surface area contributed by atoms with Crippen molar-refractivity contribution in [3.63, 3.8) is 0 Å². The fraction of sp³-hybridized carbons (Fsp3) is 0.600. The molecule has 0 unspecified atom stereocenters. The molecule has 4 rings (SSSR count). The van der Waals surface area contributed by atoms with Crippen molar-refractivity contribution in [2.24, 2.45) is 14.1 Å². The molecule has 0 radical (unpaired) electrons. The number of aromatic nitrogens is 4. The van der Waals surface area contributed by atoms with E-state index in [1.807, 2.05) is 24.8 Å². The lowest BCUT2D eigenvalue weighted by atomic mass is 10.0. The van der Waals surface area contributed by atoms with E-state index in [9.17, 15) is 0 Å². The number of aryl methyl sites for hydroxylation is 10. The molecule has 0 aliphatic heterocycles. The van der Waals surface area contributed by atoms with Gasteiger partial charge in [-0.25, -0.2) is 9.13 Å². The first kappa shape index (κ1) is 52.1. The largest absolute Gasteiger partial charge is 1.00 e. The normalized spacial score (nSPS) is 10.7. The van der Waals surface area contributed by atoms with Crippen LogP contribution >= 0.6 is 0 Å². The monoisotopic (exact) mass is 988 g/mol. The van der Waals surface area contributed by atoms with E-state index >= 15 is 0 Å². The lowest BCUT2D eigenvalue weighted by molar-refractivity contribution is -0.672. The van der Waals surface area contributed by atoms with Crippen molar-refractivity contribution in [3.05, 3.63) is 118 Å². The summed E-state index contributed by atoms with van der Waals surface area (Å²) >= 11 is 0. The minimum Gasteiger partial charge on any atom is -1.00 e. The van der Waals surface area contributed by atoms with Gasteiger partial charge in [0, 0.05) is 47.0 Å². The molecule has 6 heteroatoms. The van der Waals surface area contributed by atoms with Crippen LogP contribution in [0.2, 0.25) is 0 Å². The van der Waals surface area contributed by atoms with E-state index in [0.717, 1.165) is 0 Å². The number of rotatable bonds is 26. The number of nitrogens with zero attached hydrogens (tertiary/aromatic N) is 4. The Labute approximate surface area is 378 Å². The smallest absolute Gasteiger partial charge is 0.171 e. The van der Waals surface area contributed by atoms with E-state index < -0.39 is 0 Å². The highest BCUT2D eigenvalue weighted by molar-refractivity contribution is 5.17. The van der Waals surface area contributed by atoms with Crippen LogP contribution in [0.15, 0.2) is 73.8 Å². The molecule has 0 aliphatic carbocycles. The molecule has 0 saturated carbocycles. The molecule has 0 spiro atoms. The molecule has 312 valence electrons. The first-order valence-corrected chi connectivity index (χ1v) is 22.0. The van der Waals surface area contributed by atoms with Gasteiger partial charge in [0.05, 0.1) is 0 Å². The van der Waals surface area contributed by atoms with E-state index in [2.05, 4.69) is 110 Å². The van der Waals surface area contributed by atoms with Crippen LogP contribution in [0.25, 0.3) is 0 Å². The van der Waals surface area contributed by atoms with Crippen molar-refractivity contribution in [1.29, 1.82) is 0 Å². The maximum Gasteiger partial charge on any atom is 0.171 e. The number of hydrogen-bond acceptors (Lipinski definition) is 2. The van der Waals surface area contributed by atoms with Crippen LogP contribution in [-0.2, 0) is 39.8 Å². The van der Waals surface area contributed by atoms with Gasteiger partial charge in [0.15, 0.2) is 24.8 Å². The number of pyridine rings is 4. The molecule has 4 aromatic rings. The van der Waals surface area contributed by atoms with Gasteiger partial charge < -0.3 is 48.0 Å². The maximum atomic E-state index is 4.27. The van der Waals surface area contributed by atoms with E-state index in [4.69, 9.17) is 0 Å². The van der Waals surface area contributed by atoms with Crippen molar-refractivity contribution >= 4 is 0 Å². The molecule has 0 aliphatic rings. The number of unbranched alkanes of at least 4 members (excludes halogenated alkanes) is 18. The Balaban J connectivity index is 0.000000542. The van der Waals surface area contributed by atoms with E-state index in [1.165, 1.54) is 199 Å². The summed E-state index contributed by atoms with van der Waals surface area (Å²) in [4.78, 5) is 8.54. The van der Waals surface area contributed by atoms with Crippen LogP contribution in [0, 0.1) is 27.7 Å². The molecular weight excluding hydrogens is 910 g/mol. The van der Waals surface area contributed by atoms with Crippen LogP contribution < -0.4 is 57.1 Å². The second kappa shape index (κ2) is 33.0. The summed E-state index contributed by atoms with van der Waals surface area (Å²) in [6, 6.07) is 9.20. The Morgan fingerprint density at radius 2 is 0.571 bits per heavy atom. The summed E-state index contributed by atoms with van der Waals surface area (Å²) < 4.78 is 4.37. The molecule has 4 aromatic heterocycles. The van der Waals surface area contributed by atoms with Crippen LogP contribution in [-0.4, -0.2) is 9.97 Å². The average Bonchev–Trinajstić information content (AvgIpc) is 3.12. The van der Waals surface area contributed by atoms with Gasteiger partial charge in [-0.15, -0.1) is 0 Å². The Morgan fingerprint density at radius 1 is 0.321 bits per heavy atom. The molecule has 4 nitrogen and oxygen atoms in total. The van der Waals surface area contributed by atoms with E-state index in [-0.39, 0.29) is 48.0 Å². The summed E-state index contributed by atoms with van der Waals surface area (Å²) in [5.74, 6) is 0. The zero-order valence-corrected chi connectivity index (χ0v) is 40.8. The molecule has 0 amide bonds. The van der Waals surface area contributed by atoms with Crippen LogP contribution in [0.3, 0.4) is 0 Å². The molecule has 0 fully saturated rings. The second-order valence-electron chi connectivity index (χ2n) is 16.6. The zero-order valence-electron chi connectivity index (χ0n) is 36.4. The van der Waals surface area contributed by atoms with Gasteiger partial charge in [-0.2, -0.15) is 0 Å². The van der Waals surface area contributed by atoms with Crippen molar-refractivity contribution in [3.8, 4) is 0 Å². The van der Waals surface area contributed by atoms with Crippen LogP contribution in [0.5, 0.6) is 0 Å². The third-order valence-corrected chi connectivity index (χ3v) is 10.6. The number of halogens is 2. The van der Waals surface area contributed by atoms with Gasteiger partial charge in [-0.3, -0.25) is 9.97 Å². The molecule has 0 aromatic carbocycles. The minimum absolute atomic E-state index is 0. The quantitative estimate of drug-likeness (QED) is 0.0414. The SMILES string of the molecule is Cc1cc(CCCCCCCCCCCCc2cc(C)c[n+](C)c2)c[n+](C)c1.Cc1cncc(CCCCCCCCCCCCc2cncc(C)c2)c1.[I-].[I-]. The second-order valence-corrected chi connectivity index (χ2v) is 16.6. The Morgan fingerprint density at radius 3 is 0.839 bits per heavy atom. The van der Waals surface area contributed by atoms with E-state index in [1.54, 1.807) is 0 Å². The Kier molecular flexibility index (Phi) is 30.6. The fourth-order valence-corrected chi connectivity index (χ4v) is 7.90. The van der Waals surface area contributed by atoms with Gasteiger partial charge in [0.1, 0.15) is 14.1 Å². The number of hydrogen-bond donors (Lipinski definition) is 0. The molecule has 56 heavy (non-hydrogen) atoms. The molecule has 0 saturated heterocycles. The van der Waals surface area contributed by atoms with E-state index in [0.29, 0.717) is 0 Å². The van der Waals surface area contributed by atoms with Gasteiger partial charge in [0.2, 0.25) is 0 Å². The summed E-state index contributed by atoms with van der Waals surface area (Å²) in [6.07, 6.45) is 49.3. The van der Waals surface area contributed by atoms with Crippen molar-refractivity contribution in [1.82, 2.24) is 9.97 Å². The Bertz CT molecular complexity index is 1420. The first-order valence-electron chi connectivity index (χ1n) is 22.0. The lowest BCUT2D eigenvalue weighted by Crippen LogP contribution is -3.00. The predicted molar refractivity (Wildman–Crippen MR) is 230 cm³/mol. The van der Waals surface area contributed by atoms with Crippen molar-refractivity contribution < 1.29 is 57.1 Å². The van der Waals surface area contributed by atoms with Crippen LogP contribution in [0.1, 0.15) is 173 Å². The topological polar surface area (TPSA) is 33.5 Å². The van der Waals surface area contributed by atoms with Crippen molar-refractivity contribution in [2.75, 3.05) is 0 Å². The molecule has 0 bridgehead atoms. The third kappa shape index (κ3) is 26.1. The lowest BCUT2D eigenvalue weighted by Gasteiger charge is -2.04. The Hall–Kier alpha value is -1.94. The highest BCUT2D eigenvalue weighted by atomic mass is 127. The third-order valence-electron chi connectivity index (χ3n) is 10.6. The van der Waals surface area contributed by atoms with Gasteiger partial charge in [0.25, 0.3) is 0 Å². The van der Waals surface area contributed by atoms with Gasteiger partial charge in [-0.1, -0.05) is 115 Å². The first-order chi connectivity index (χ1) is 26.3. The minimum atomic E-state index is 0. The highest BCUT2D eigenvalue weighted by Gasteiger charge is 2.04. The summed E-state index contributed by atoms with van der Waals surface area (Å²) in [7, 11) is 4.25. The predicted octanol–water partition coefficient (Wildman–Crippen LogP) is 6.43. The highest BCUT2D eigenvalue weighted by Crippen LogP contribution is 2.16. The van der Waals surface area contributed by atoms with Crippen LogP contribution in [0.4, 0.5) is 0 Å². The summed E-state index contributed by atoms with van der Waals surface area (Å²) in [5, 5.41) is 0. The van der Waals surface area contributed by atoms with Crippen molar-refractivity contribution in [2.45, 2.75) is 182 Å².